The van der Waals surface area contributed by atoms with Crippen LogP contribution in [0, 0.1) is 0 Å². The molecule has 0 spiro atoms. The number of hydrogen-bond donors (Lipinski definition) is 1. The Balaban J connectivity index is 2.58. The van der Waals surface area contributed by atoms with Crippen LogP contribution in [0.5, 0.6) is 0 Å². The quantitative estimate of drug-likeness (QED) is 0.722. The van der Waals surface area contributed by atoms with E-state index in [1.807, 2.05) is 12.4 Å². The Morgan fingerprint density at radius 3 is 2.42 bits per heavy atom. The van der Waals surface area contributed by atoms with Crippen molar-refractivity contribution in [3.8, 4) is 0 Å². The summed E-state index contributed by atoms with van der Waals surface area (Å²) >= 11 is 0. The monoisotopic (exact) mass is 165 g/mol. The molecular formula is C9H15N3. The summed E-state index contributed by atoms with van der Waals surface area (Å²) in [7, 11) is 0. The minimum Gasteiger partial charge on any atom is -0.330 e. The summed E-state index contributed by atoms with van der Waals surface area (Å²) in [5.74, 6) is 0.845. The van der Waals surface area contributed by atoms with Gasteiger partial charge in [-0.1, -0.05) is 13.3 Å². The second-order valence-corrected chi connectivity index (χ2v) is 2.80. The molecule has 0 aliphatic rings. The summed E-state index contributed by atoms with van der Waals surface area (Å²) < 4.78 is 0. The largest absolute Gasteiger partial charge is 0.330 e. The maximum absolute atomic E-state index is 5.38. The topological polar surface area (TPSA) is 51.8 Å². The predicted molar refractivity (Wildman–Crippen MR) is 48.8 cm³/mol. The molecule has 3 heteroatoms. The normalized spacial score (nSPS) is 10.2. The lowest BCUT2D eigenvalue weighted by atomic mass is 10.2. The summed E-state index contributed by atoms with van der Waals surface area (Å²) in [4.78, 5) is 8.39. The third kappa shape index (κ3) is 2.58. The molecule has 0 aliphatic heterocycles. The standard InChI is InChI=1S/C9H15N3/c1-2-3-8-6-11-9(4-5-10)12-7-8/h6-7H,2-5,10H2,1H3. The van der Waals surface area contributed by atoms with Crippen LogP contribution in [0.1, 0.15) is 24.7 Å². The first kappa shape index (κ1) is 9.13. The predicted octanol–water partition coefficient (Wildman–Crippen LogP) is 0.930. The highest BCUT2D eigenvalue weighted by Gasteiger charge is 1.95. The maximum atomic E-state index is 5.38. The zero-order valence-corrected chi connectivity index (χ0v) is 7.45. The Morgan fingerprint density at radius 2 is 1.92 bits per heavy atom. The molecular weight excluding hydrogens is 150 g/mol. The van der Waals surface area contributed by atoms with Gasteiger partial charge >= 0.3 is 0 Å². The van der Waals surface area contributed by atoms with Crippen LogP contribution in [0.3, 0.4) is 0 Å². The average Bonchev–Trinajstić information content (AvgIpc) is 2.09. The molecule has 0 saturated carbocycles. The molecule has 1 heterocycles. The fraction of sp³-hybridized carbons (Fsp3) is 0.556. The van der Waals surface area contributed by atoms with E-state index in [9.17, 15) is 0 Å². The van der Waals surface area contributed by atoms with Crippen LogP contribution in [0.15, 0.2) is 12.4 Å². The first-order chi connectivity index (χ1) is 5.86. The summed E-state index contributed by atoms with van der Waals surface area (Å²) in [5, 5.41) is 0. The third-order valence-corrected chi connectivity index (χ3v) is 1.67. The molecule has 0 unspecified atom stereocenters. The fourth-order valence-corrected chi connectivity index (χ4v) is 1.06. The van der Waals surface area contributed by atoms with Crippen molar-refractivity contribution in [3.05, 3.63) is 23.8 Å². The molecule has 0 aliphatic carbocycles. The Morgan fingerprint density at radius 1 is 1.25 bits per heavy atom. The van der Waals surface area contributed by atoms with Crippen LogP contribution in [0.2, 0.25) is 0 Å². The van der Waals surface area contributed by atoms with Gasteiger partial charge in [0.05, 0.1) is 0 Å². The van der Waals surface area contributed by atoms with Crippen LogP contribution in [-0.2, 0) is 12.8 Å². The van der Waals surface area contributed by atoms with E-state index in [0.29, 0.717) is 6.54 Å². The number of rotatable bonds is 4. The summed E-state index contributed by atoms with van der Waals surface area (Å²) in [6.07, 6.45) is 6.75. The van der Waals surface area contributed by atoms with E-state index in [-0.39, 0.29) is 0 Å². The molecule has 66 valence electrons. The molecule has 0 saturated heterocycles. The van der Waals surface area contributed by atoms with Crippen molar-refractivity contribution in [2.75, 3.05) is 6.54 Å². The molecule has 1 rings (SSSR count). The summed E-state index contributed by atoms with van der Waals surface area (Å²) in [5.41, 5.74) is 6.58. The Labute approximate surface area is 73.0 Å². The summed E-state index contributed by atoms with van der Waals surface area (Å²) in [6, 6.07) is 0. The highest BCUT2D eigenvalue weighted by molar-refractivity contribution is 5.05. The van der Waals surface area contributed by atoms with Crippen LogP contribution >= 0.6 is 0 Å². The minimum absolute atomic E-state index is 0.618. The van der Waals surface area contributed by atoms with Gasteiger partial charge in [0, 0.05) is 18.8 Å². The second kappa shape index (κ2) is 4.83. The zero-order chi connectivity index (χ0) is 8.81. The van der Waals surface area contributed by atoms with Gasteiger partial charge in [0.25, 0.3) is 0 Å². The van der Waals surface area contributed by atoms with E-state index in [1.54, 1.807) is 0 Å². The highest BCUT2D eigenvalue weighted by atomic mass is 14.9. The fourth-order valence-electron chi connectivity index (χ4n) is 1.06. The molecule has 0 atom stereocenters. The van der Waals surface area contributed by atoms with E-state index in [0.717, 1.165) is 25.1 Å². The third-order valence-electron chi connectivity index (χ3n) is 1.67. The van der Waals surface area contributed by atoms with Crippen molar-refractivity contribution >= 4 is 0 Å². The lowest BCUT2D eigenvalue weighted by Gasteiger charge is -1.99. The molecule has 2 N–H and O–H groups in total. The van der Waals surface area contributed by atoms with Gasteiger partial charge in [-0.15, -0.1) is 0 Å². The van der Waals surface area contributed by atoms with Crippen LogP contribution in [0.25, 0.3) is 0 Å². The van der Waals surface area contributed by atoms with Crippen molar-refractivity contribution in [2.24, 2.45) is 5.73 Å². The van der Waals surface area contributed by atoms with E-state index in [4.69, 9.17) is 5.73 Å². The van der Waals surface area contributed by atoms with E-state index < -0.39 is 0 Å². The average molecular weight is 165 g/mol. The number of aromatic nitrogens is 2. The first-order valence-electron chi connectivity index (χ1n) is 4.36. The lowest BCUT2D eigenvalue weighted by molar-refractivity contribution is 0.838. The number of aryl methyl sites for hydroxylation is 1. The van der Waals surface area contributed by atoms with Crippen molar-refractivity contribution < 1.29 is 0 Å². The molecule has 0 bridgehead atoms. The molecule has 0 fully saturated rings. The van der Waals surface area contributed by atoms with Gasteiger partial charge in [-0.2, -0.15) is 0 Å². The molecule has 1 aromatic heterocycles. The van der Waals surface area contributed by atoms with Crippen molar-refractivity contribution in [1.82, 2.24) is 9.97 Å². The first-order valence-corrected chi connectivity index (χ1v) is 4.36. The van der Waals surface area contributed by atoms with E-state index in [2.05, 4.69) is 16.9 Å². The van der Waals surface area contributed by atoms with Gasteiger partial charge in [0.15, 0.2) is 0 Å². The SMILES string of the molecule is CCCc1cnc(CCN)nc1. The van der Waals surface area contributed by atoms with Crippen LogP contribution in [0.4, 0.5) is 0 Å². The molecule has 3 nitrogen and oxygen atoms in total. The maximum Gasteiger partial charge on any atom is 0.129 e. The number of hydrogen-bond acceptors (Lipinski definition) is 3. The Bertz CT molecular complexity index is 193. The Hall–Kier alpha value is -0.960. The van der Waals surface area contributed by atoms with Crippen molar-refractivity contribution in [3.63, 3.8) is 0 Å². The highest BCUT2D eigenvalue weighted by Crippen LogP contribution is 1.99. The van der Waals surface area contributed by atoms with Crippen LogP contribution in [-0.4, -0.2) is 16.5 Å². The smallest absolute Gasteiger partial charge is 0.129 e. The minimum atomic E-state index is 0.618. The van der Waals surface area contributed by atoms with Crippen molar-refractivity contribution in [1.29, 1.82) is 0 Å². The van der Waals surface area contributed by atoms with E-state index in [1.165, 1.54) is 5.56 Å². The van der Waals surface area contributed by atoms with Gasteiger partial charge in [-0.3, -0.25) is 0 Å². The summed E-state index contributed by atoms with van der Waals surface area (Å²) in [6.45, 7) is 2.76. The molecule has 1 aromatic rings. The number of nitrogens with zero attached hydrogens (tertiary/aromatic N) is 2. The van der Waals surface area contributed by atoms with Gasteiger partial charge in [-0.05, 0) is 18.5 Å². The lowest BCUT2D eigenvalue weighted by Crippen LogP contribution is -2.06. The zero-order valence-electron chi connectivity index (χ0n) is 7.45. The molecule has 0 radical (unpaired) electrons. The Kier molecular flexibility index (Phi) is 3.67. The van der Waals surface area contributed by atoms with Crippen LogP contribution < -0.4 is 5.73 Å². The number of nitrogens with two attached hydrogens (primary N) is 1. The van der Waals surface area contributed by atoms with Gasteiger partial charge in [-0.25, -0.2) is 9.97 Å². The van der Waals surface area contributed by atoms with Gasteiger partial charge in [0.2, 0.25) is 0 Å². The van der Waals surface area contributed by atoms with Gasteiger partial charge in [0.1, 0.15) is 5.82 Å². The molecule has 12 heavy (non-hydrogen) atoms. The molecule has 0 aromatic carbocycles. The van der Waals surface area contributed by atoms with Crippen molar-refractivity contribution in [2.45, 2.75) is 26.2 Å². The second-order valence-electron chi connectivity index (χ2n) is 2.80. The van der Waals surface area contributed by atoms with E-state index >= 15 is 0 Å². The van der Waals surface area contributed by atoms with Gasteiger partial charge < -0.3 is 5.73 Å². The molecule has 0 amide bonds.